The molecule has 15 heavy (non-hydrogen) atoms. The van der Waals surface area contributed by atoms with Crippen LogP contribution >= 0.6 is 0 Å². The average Bonchev–Trinajstić information content (AvgIpc) is 2.20. The Bertz CT molecular complexity index is 321. The maximum Gasteiger partial charge on any atom is 0.316 e. The average molecular weight is 207 g/mol. The van der Waals surface area contributed by atoms with E-state index in [1.165, 1.54) is 0 Å². The summed E-state index contributed by atoms with van der Waals surface area (Å²) in [5, 5.41) is 5.84. The van der Waals surface area contributed by atoms with Gasteiger partial charge in [0.15, 0.2) is 0 Å². The van der Waals surface area contributed by atoms with Gasteiger partial charge in [0.1, 0.15) is 0 Å². The summed E-state index contributed by atoms with van der Waals surface area (Å²) in [6.07, 6.45) is 1.07. The van der Waals surface area contributed by atoms with Gasteiger partial charge in [-0.15, -0.1) is 0 Å². The maximum atomic E-state index is 10.6. The third-order valence-corrected chi connectivity index (χ3v) is 2.18. The molecule has 0 spiro atoms. The molecule has 0 fully saturated rings. The van der Waals surface area contributed by atoms with Crippen molar-refractivity contribution in [1.29, 1.82) is 0 Å². The van der Waals surface area contributed by atoms with E-state index in [4.69, 9.17) is 5.73 Å². The fourth-order valence-electron chi connectivity index (χ4n) is 1.18. The third-order valence-electron chi connectivity index (χ3n) is 2.18. The standard InChI is InChI=1S/C11H17N3O/c1-3-8(2)13-9-4-6-10(7-5-9)14-11(12)15/h4-8,13H,3H2,1-2H3,(H3,12,14,15). The van der Waals surface area contributed by atoms with Crippen molar-refractivity contribution in [1.82, 2.24) is 0 Å². The first kappa shape index (κ1) is 11.4. The van der Waals surface area contributed by atoms with E-state index in [0.29, 0.717) is 11.7 Å². The normalized spacial score (nSPS) is 11.9. The Morgan fingerprint density at radius 3 is 2.33 bits per heavy atom. The topological polar surface area (TPSA) is 67.2 Å². The molecule has 0 saturated carbocycles. The van der Waals surface area contributed by atoms with Gasteiger partial charge >= 0.3 is 6.03 Å². The zero-order valence-corrected chi connectivity index (χ0v) is 9.08. The van der Waals surface area contributed by atoms with Crippen LogP contribution in [0.15, 0.2) is 24.3 Å². The highest BCUT2D eigenvalue weighted by atomic mass is 16.2. The van der Waals surface area contributed by atoms with Crippen molar-refractivity contribution in [2.75, 3.05) is 10.6 Å². The highest BCUT2D eigenvalue weighted by Crippen LogP contribution is 2.14. The zero-order valence-electron chi connectivity index (χ0n) is 9.08. The Morgan fingerprint density at radius 1 is 1.33 bits per heavy atom. The van der Waals surface area contributed by atoms with E-state index >= 15 is 0 Å². The van der Waals surface area contributed by atoms with E-state index in [9.17, 15) is 4.79 Å². The number of nitrogens with one attached hydrogen (secondary N) is 2. The fourth-order valence-corrected chi connectivity index (χ4v) is 1.18. The summed E-state index contributed by atoms with van der Waals surface area (Å²) in [7, 11) is 0. The summed E-state index contributed by atoms with van der Waals surface area (Å²) in [4.78, 5) is 10.6. The van der Waals surface area contributed by atoms with E-state index < -0.39 is 6.03 Å². The van der Waals surface area contributed by atoms with E-state index in [2.05, 4.69) is 24.5 Å². The van der Waals surface area contributed by atoms with Crippen LogP contribution in [-0.2, 0) is 0 Å². The van der Waals surface area contributed by atoms with E-state index in [0.717, 1.165) is 12.1 Å². The number of urea groups is 1. The van der Waals surface area contributed by atoms with Gasteiger partial charge in [-0.05, 0) is 37.6 Å². The molecule has 0 aromatic heterocycles. The lowest BCUT2D eigenvalue weighted by molar-refractivity contribution is 0.259. The summed E-state index contributed by atoms with van der Waals surface area (Å²) in [5.41, 5.74) is 6.75. The third kappa shape index (κ3) is 3.89. The largest absolute Gasteiger partial charge is 0.383 e. The number of nitrogens with two attached hydrogens (primary N) is 1. The summed E-state index contributed by atoms with van der Waals surface area (Å²) in [6.45, 7) is 4.25. The molecule has 1 aromatic rings. The number of rotatable bonds is 4. The molecule has 4 heteroatoms. The van der Waals surface area contributed by atoms with Crippen LogP contribution in [0, 0.1) is 0 Å². The van der Waals surface area contributed by atoms with Crippen LogP contribution in [0.5, 0.6) is 0 Å². The molecule has 0 aliphatic carbocycles. The fraction of sp³-hybridized carbons (Fsp3) is 0.364. The number of carbonyl (C=O) groups excluding carboxylic acids is 1. The van der Waals surface area contributed by atoms with Gasteiger partial charge in [-0.2, -0.15) is 0 Å². The first-order chi connectivity index (χ1) is 7.11. The molecule has 1 atom stereocenters. The number of amides is 2. The highest BCUT2D eigenvalue weighted by Gasteiger charge is 1.99. The molecule has 0 heterocycles. The van der Waals surface area contributed by atoms with Crippen LogP contribution in [0.4, 0.5) is 16.2 Å². The molecule has 0 aliphatic heterocycles. The molecule has 0 aliphatic rings. The zero-order chi connectivity index (χ0) is 11.3. The summed E-state index contributed by atoms with van der Waals surface area (Å²) >= 11 is 0. The lowest BCUT2D eigenvalue weighted by Gasteiger charge is -2.13. The van der Waals surface area contributed by atoms with Crippen molar-refractivity contribution in [3.05, 3.63) is 24.3 Å². The predicted octanol–water partition coefficient (Wildman–Crippen LogP) is 2.39. The summed E-state index contributed by atoms with van der Waals surface area (Å²) in [5.74, 6) is 0. The van der Waals surface area contributed by atoms with Crippen LogP contribution in [0.1, 0.15) is 20.3 Å². The van der Waals surface area contributed by atoms with Gasteiger partial charge in [-0.1, -0.05) is 6.92 Å². The second-order valence-corrected chi connectivity index (χ2v) is 3.52. The van der Waals surface area contributed by atoms with Gasteiger partial charge in [0.2, 0.25) is 0 Å². The van der Waals surface area contributed by atoms with Crippen molar-refractivity contribution >= 4 is 17.4 Å². The van der Waals surface area contributed by atoms with Crippen molar-refractivity contribution in [3.63, 3.8) is 0 Å². The lowest BCUT2D eigenvalue weighted by Crippen LogP contribution is -2.19. The van der Waals surface area contributed by atoms with Gasteiger partial charge in [0.05, 0.1) is 0 Å². The summed E-state index contributed by atoms with van der Waals surface area (Å²) < 4.78 is 0. The number of hydrogen-bond acceptors (Lipinski definition) is 2. The molecule has 0 saturated heterocycles. The minimum atomic E-state index is -0.544. The van der Waals surface area contributed by atoms with Crippen molar-refractivity contribution in [3.8, 4) is 0 Å². The molecule has 2 amide bonds. The number of benzene rings is 1. The highest BCUT2D eigenvalue weighted by molar-refractivity contribution is 5.87. The Morgan fingerprint density at radius 2 is 1.87 bits per heavy atom. The van der Waals surface area contributed by atoms with Crippen LogP contribution in [0.2, 0.25) is 0 Å². The monoisotopic (exact) mass is 207 g/mol. The Kier molecular flexibility index (Phi) is 3.97. The van der Waals surface area contributed by atoms with Gasteiger partial charge in [0, 0.05) is 17.4 Å². The van der Waals surface area contributed by atoms with Crippen molar-refractivity contribution in [2.45, 2.75) is 26.3 Å². The van der Waals surface area contributed by atoms with Crippen molar-refractivity contribution in [2.24, 2.45) is 5.73 Å². The van der Waals surface area contributed by atoms with E-state index in [1.807, 2.05) is 24.3 Å². The SMILES string of the molecule is CCC(C)Nc1ccc(NC(N)=O)cc1. The van der Waals surface area contributed by atoms with E-state index in [-0.39, 0.29) is 0 Å². The molecule has 1 rings (SSSR count). The van der Waals surface area contributed by atoms with Crippen LogP contribution < -0.4 is 16.4 Å². The number of anilines is 2. The molecular weight excluding hydrogens is 190 g/mol. The number of hydrogen-bond donors (Lipinski definition) is 3. The molecule has 4 nitrogen and oxygen atoms in total. The molecule has 1 aromatic carbocycles. The maximum absolute atomic E-state index is 10.6. The first-order valence-electron chi connectivity index (χ1n) is 5.05. The van der Waals surface area contributed by atoms with Gasteiger partial charge in [-0.3, -0.25) is 0 Å². The smallest absolute Gasteiger partial charge is 0.316 e. The second-order valence-electron chi connectivity index (χ2n) is 3.52. The predicted molar refractivity (Wildman–Crippen MR) is 63.0 cm³/mol. The number of carbonyl (C=O) groups is 1. The molecule has 1 unspecified atom stereocenters. The molecule has 0 radical (unpaired) electrons. The Hall–Kier alpha value is -1.71. The number of primary amides is 1. The Labute approximate surface area is 89.9 Å². The van der Waals surface area contributed by atoms with Crippen molar-refractivity contribution < 1.29 is 4.79 Å². The minimum Gasteiger partial charge on any atom is -0.383 e. The minimum absolute atomic E-state index is 0.444. The van der Waals surface area contributed by atoms with Gasteiger partial charge in [0.25, 0.3) is 0 Å². The molecular formula is C11H17N3O. The van der Waals surface area contributed by atoms with Crippen LogP contribution in [0.3, 0.4) is 0 Å². The molecule has 4 N–H and O–H groups in total. The van der Waals surface area contributed by atoms with Gasteiger partial charge in [-0.25, -0.2) is 4.79 Å². The van der Waals surface area contributed by atoms with Gasteiger partial charge < -0.3 is 16.4 Å². The second kappa shape index (κ2) is 5.24. The van der Waals surface area contributed by atoms with Crippen LogP contribution in [-0.4, -0.2) is 12.1 Å². The quantitative estimate of drug-likeness (QED) is 0.709. The Balaban J connectivity index is 2.60. The molecule has 82 valence electrons. The lowest BCUT2D eigenvalue weighted by atomic mass is 10.2. The summed E-state index contributed by atoms with van der Waals surface area (Å²) in [6, 6.07) is 7.36. The molecule has 0 bridgehead atoms. The van der Waals surface area contributed by atoms with Crippen LogP contribution in [0.25, 0.3) is 0 Å². The van der Waals surface area contributed by atoms with E-state index in [1.54, 1.807) is 0 Å². The first-order valence-corrected chi connectivity index (χ1v) is 5.05.